The lowest BCUT2D eigenvalue weighted by Gasteiger charge is -2.11. The fourth-order valence-electron chi connectivity index (χ4n) is 1.88. The maximum absolute atomic E-state index is 12.6. The molecular formula is C14H9BrCl2N4O2S. The van der Waals surface area contributed by atoms with Crippen molar-refractivity contribution in [3.05, 3.63) is 45.0 Å². The highest BCUT2D eigenvalue weighted by molar-refractivity contribution is 9.10. The van der Waals surface area contributed by atoms with Crippen LogP contribution in [-0.2, 0) is 11.0 Å². The molecule has 0 aliphatic heterocycles. The van der Waals surface area contributed by atoms with Crippen LogP contribution >= 0.6 is 39.1 Å². The van der Waals surface area contributed by atoms with Crippen molar-refractivity contribution < 1.29 is 8.95 Å². The summed E-state index contributed by atoms with van der Waals surface area (Å²) in [5.41, 5.74) is 0.925. The number of halogens is 3. The Morgan fingerprint density at radius 1 is 1.29 bits per heavy atom. The molecule has 1 atom stereocenters. The molecule has 2 heterocycles. The van der Waals surface area contributed by atoms with Gasteiger partial charge >= 0.3 is 0 Å². The molecule has 0 aliphatic carbocycles. The first-order valence-corrected chi connectivity index (χ1v) is 9.19. The van der Waals surface area contributed by atoms with Crippen LogP contribution in [0.4, 0.5) is 5.82 Å². The third kappa shape index (κ3) is 3.46. The van der Waals surface area contributed by atoms with Gasteiger partial charge in [0, 0.05) is 10.7 Å². The highest BCUT2D eigenvalue weighted by atomic mass is 79.9. The number of methoxy groups -OCH3 is 1. The van der Waals surface area contributed by atoms with E-state index in [9.17, 15) is 4.21 Å². The van der Waals surface area contributed by atoms with Gasteiger partial charge in [-0.2, -0.15) is 0 Å². The number of ether oxygens (including phenoxy) is 1. The Kier molecular flexibility index (Phi) is 5.19. The lowest BCUT2D eigenvalue weighted by atomic mass is 10.4. The van der Waals surface area contributed by atoms with Crippen LogP contribution in [0, 0.1) is 0 Å². The maximum atomic E-state index is 12.6. The van der Waals surface area contributed by atoms with E-state index in [2.05, 4.69) is 35.6 Å². The Morgan fingerprint density at radius 2 is 2.08 bits per heavy atom. The monoisotopic (exact) mass is 446 g/mol. The van der Waals surface area contributed by atoms with Gasteiger partial charge in [-0.25, -0.2) is 19.2 Å². The van der Waals surface area contributed by atoms with Crippen LogP contribution < -0.4 is 9.46 Å². The smallest absolute Gasteiger partial charge is 0.258 e. The number of rotatable bonds is 4. The molecule has 0 aliphatic rings. The summed E-state index contributed by atoms with van der Waals surface area (Å²) in [6.07, 6.45) is 1.60. The molecule has 3 aromatic rings. The molecule has 0 fully saturated rings. The van der Waals surface area contributed by atoms with E-state index in [0.717, 1.165) is 4.47 Å². The van der Waals surface area contributed by atoms with Gasteiger partial charge in [-0.1, -0.05) is 29.3 Å². The standard InChI is InChI=1S/C14H9BrCl2N4O2S/c1-23-14-13(20-12-9(19-14)5-7(15)6-18-12)21-24(22)10-4-2-3-8(16)11(10)17/h2-6H,1H3,(H,18,20,21). The zero-order valence-electron chi connectivity index (χ0n) is 12.1. The van der Waals surface area contributed by atoms with Gasteiger partial charge in [0.05, 0.1) is 22.1 Å². The van der Waals surface area contributed by atoms with Crippen LogP contribution in [0.15, 0.2) is 39.8 Å². The van der Waals surface area contributed by atoms with Crippen molar-refractivity contribution in [2.24, 2.45) is 0 Å². The number of anilines is 1. The predicted molar refractivity (Wildman–Crippen MR) is 98.1 cm³/mol. The fraction of sp³-hybridized carbons (Fsp3) is 0.0714. The zero-order valence-corrected chi connectivity index (χ0v) is 16.0. The average molecular weight is 448 g/mol. The number of hydrogen-bond acceptors (Lipinski definition) is 5. The van der Waals surface area contributed by atoms with Crippen molar-refractivity contribution in [2.75, 3.05) is 11.8 Å². The molecule has 0 saturated carbocycles. The molecule has 1 aromatic carbocycles. The van der Waals surface area contributed by atoms with E-state index >= 15 is 0 Å². The first-order chi connectivity index (χ1) is 11.5. The van der Waals surface area contributed by atoms with Crippen molar-refractivity contribution in [1.82, 2.24) is 15.0 Å². The molecule has 0 bridgehead atoms. The second kappa shape index (κ2) is 7.18. The molecule has 24 heavy (non-hydrogen) atoms. The SMILES string of the molecule is COc1nc2cc(Br)cnc2nc1NS(=O)c1cccc(Cl)c1Cl. The fourth-order valence-corrected chi connectivity index (χ4v) is 3.66. The van der Waals surface area contributed by atoms with Gasteiger partial charge in [-0.05, 0) is 34.1 Å². The molecule has 10 heteroatoms. The Morgan fingerprint density at radius 3 is 2.83 bits per heavy atom. The quantitative estimate of drug-likeness (QED) is 0.647. The first-order valence-electron chi connectivity index (χ1n) is 6.49. The number of fused-ring (bicyclic) bond motifs is 1. The maximum Gasteiger partial charge on any atom is 0.258 e. The summed E-state index contributed by atoms with van der Waals surface area (Å²) in [5.74, 6) is 0.378. The van der Waals surface area contributed by atoms with Gasteiger partial charge in [0.1, 0.15) is 5.52 Å². The summed E-state index contributed by atoms with van der Waals surface area (Å²) in [5, 5.41) is 0.521. The van der Waals surface area contributed by atoms with Gasteiger partial charge in [0.2, 0.25) is 5.82 Å². The van der Waals surface area contributed by atoms with Gasteiger partial charge in [-0.15, -0.1) is 0 Å². The van der Waals surface area contributed by atoms with E-state index in [-0.39, 0.29) is 16.7 Å². The summed E-state index contributed by atoms with van der Waals surface area (Å²) < 4.78 is 21.3. The molecule has 0 saturated heterocycles. The minimum atomic E-state index is -1.70. The van der Waals surface area contributed by atoms with Gasteiger partial charge in [-0.3, -0.25) is 4.72 Å². The van der Waals surface area contributed by atoms with E-state index in [0.29, 0.717) is 21.1 Å². The Hall–Kier alpha value is -1.48. The summed E-state index contributed by atoms with van der Waals surface area (Å²) in [6, 6.07) is 6.63. The van der Waals surface area contributed by atoms with Crippen molar-refractivity contribution >= 4 is 67.1 Å². The van der Waals surface area contributed by atoms with Crippen LogP contribution in [0.3, 0.4) is 0 Å². The number of pyridine rings is 1. The molecule has 0 radical (unpaired) electrons. The summed E-state index contributed by atoms with van der Waals surface area (Å²) in [4.78, 5) is 13.1. The number of benzene rings is 1. The topological polar surface area (TPSA) is 77.0 Å². The highest BCUT2D eigenvalue weighted by Gasteiger charge is 2.16. The molecule has 2 aromatic heterocycles. The largest absolute Gasteiger partial charge is 0.478 e. The Labute approximate surface area is 158 Å². The van der Waals surface area contributed by atoms with Gasteiger partial charge in [0.15, 0.2) is 16.6 Å². The summed E-state index contributed by atoms with van der Waals surface area (Å²) in [6.45, 7) is 0. The van der Waals surface area contributed by atoms with Gasteiger partial charge in [0.25, 0.3) is 5.88 Å². The first kappa shape index (κ1) is 17.3. The molecule has 0 amide bonds. The number of nitrogens with one attached hydrogen (secondary N) is 1. The number of hydrogen-bond donors (Lipinski definition) is 1. The van der Waals surface area contributed by atoms with Crippen LogP contribution in [-0.4, -0.2) is 26.3 Å². The molecule has 1 N–H and O–H groups in total. The van der Waals surface area contributed by atoms with Crippen LogP contribution in [0.25, 0.3) is 11.2 Å². The van der Waals surface area contributed by atoms with Crippen molar-refractivity contribution in [3.8, 4) is 5.88 Å². The van der Waals surface area contributed by atoms with Crippen LogP contribution in [0.5, 0.6) is 5.88 Å². The average Bonchev–Trinajstić information content (AvgIpc) is 2.56. The lowest BCUT2D eigenvalue weighted by Crippen LogP contribution is -2.09. The van der Waals surface area contributed by atoms with E-state index < -0.39 is 11.0 Å². The third-order valence-electron chi connectivity index (χ3n) is 2.95. The molecule has 6 nitrogen and oxygen atoms in total. The molecule has 124 valence electrons. The Balaban J connectivity index is 2.01. The van der Waals surface area contributed by atoms with Crippen LogP contribution in [0.1, 0.15) is 0 Å². The normalized spacial score (nSPS) is 12.2. The second-order valence-corrected chi connectivity index (χ2v) is 7.38. The Bertz CT molecular complexity index is 957. The highest BCUT2D eigenvalue weighted by Crippen LogP contribution is 2.30. The zero-order chi connectivity index (χ0) is 17.3. The molecule has 3 rings (SSSR count). The second-order valence-electron chi connectivity index (χ2n) is 4.50. The van der Waals surface area contributed by atoms with Crippen molar-refractivity contribution in [1.29, 1.82) is 0 Å². The number of nitrogens with zero attached hydrogens (tertiary/aromatic N) is 3. The lowest BCUT2D eigenvalue weighted by molar-refractivity contribution is 0.400. The summed E-state index contributed by atoms with van der Waals surface area (Å²) in [7, 11) is -0.255. The summed E-state index contributed by atoms with van der Waals surface area (Å²) >= 11 is 15.4. The molecule has 0 spiro atoms. The minimum absolute atomic E-state index is 0.189. The predicted octanol–water partition coefficient (Wildman–Crippen LogP) is 4.24. The van der Waals surface area contributed by atoms with E-state index in [1.54, 1.807) is 30.5 Å². The van der Waals surface area contributed by atoms with Crippen molar-refractivity contribution in [2.45, 2.75) is 4.90 Å². The van der Waals surface area contributed by atoms with E-state index in [4.69, 9.17) is 27.9 Å². The minimum Gasteiger partial charge on any atom is -0.478 e. The van der Waals surface area contributed by atoms with E-state index in [1.807, 2.05) is 0 Å². The third-order valence-corrected chi connectivity index (χ3v) is 5.44. The van der Waals surface area contributed by atoms with Crippen molar-refractivity contribution in [3.63, 3.8) is 0 Å². The van der Waals surface area contributed by atoms with Crippen LogP contribution in [0.2, 0.25) is 10.0 Å². The van der Waals surface area contributed by atoms with E-state index in [1.165, 1.54) is 7.11 Å². The molecule has 1 unspecified atom stereocenters. The number of aromatic nitrogens is 3. The van der Waals surface area contributed by atoms with Gasteiger partial charge < -0.3 is 4.74 Å². The molecular weight excluding hydrogens is 439 g/mol.